The van der Waals surface area contributed by atoms with Gasteiger partial charge in [-0.05, 0) is 29.7 Å². The summed E-state index contributed by atoms with van der Waals surface area (Å²) in [6, 6.07) is 15.6. The number of hydrogen-bond acceptors (Lipinski definition) is 3. The summed E-state index contributed by atoms with van der Waals surface area (Å²) in [6.45, 7) is 0.438. The van der Waals surface area contributed by atoms with Crippen LogP contribution in [0.5, 0.6) is 5.75 Å². The first-order valence-corrected chi connectivity index (χ1v) is 6.45. The van der Waals surface area contributed by atoms with Gasteiger partial charge in [0.15, 0.2) is 6.10 Å². The van der Waals surface area contributed by atoms with Crippen LogP contribution in [0, 0.1) is 0 Å². The van der Waals surface area contributed by atoms with E-state index >= 15 is 0 Å². The number of carbonyl (C=O) groups excluding carboxylic acids is 1. The zero-order chi connectivity index (χ0) is 14.4. The summed E-state index contributed by atoms with van der Waals surface area (Å²) in [5.41, 5.74) is 1.59. The molecule has 0 aliphatic carbocycles. The standard InChI is InChI=1S/C16H17NO3/c18-14-8-6-12(7-9-14)10-11-17-16(20)15(19)13-4-2-1-3-5-13/h1-9,15,18-19H,10-11H2,(H,17,20)/t15-/m1/s1. The maximum atomic E-state index is 11.8. The van der Waals surface area contributed by atoms with Gasteiger partial charge < -0.3 is 15.5 Å². The van der Waals surface area contributed by atoms with E-state index in [1.54, 1.807) is 48.5 Å². The van der Waals surface area contributed by atoms with Gasteiger partial charge in [0.1, 0.15) is 5.75 Å². The molecule has 104 valence electrons. The van der Waals surface area contributed by atoms with Gasteiger partial charge in [-0.2, -0.15) is 0 Å². The number of carbonyl (C=O) groups is 1. The number of aliphatic hydroxyl groups excluding tert-OH is 1. The molecule has 0 spiro atoms. The molecule has 1 amide bonds. The van der Waals surface area contributed by atoms with Crippen molar-refractivity contribution in [3.05, 3.63) is 65.7 Å². The van der Waals surface area contributed by atoms with E-state index < -0.39 is 12.0 Å². The Morgan fingerprint density at radius 2 is 1.70 bits per heavy atom. The first-order valence-electron chi connectivity index (χ1n) is 6.45. The van der Waals surface area contributed by atoms with Crippen molar-refractivity contribution in [3.8, 4) is 5.75 Å². The monoisotopic (exact) mass is 271 g/mol. The van der Waals surface area contributed by atoms with E-state index in [2.05, 4.69) is 5.32 Å². The number of aromatic hydroxyl groups is 1. The molecule has 3 N–H and O–H groups in total. The molecular weight excluding hydrogens is 254 g/mol. The third-order valence-electron chi connectivity index (χ3n) is 3.01. The van der Waals surface area contributed by atoms with E-state index in [1.165, 1.54) is 0 Å². The molecule has 2 aromatic rings. The summed E-state index contributed by atoms with van der Waals surface area (Å²) >= 11 is 0. The van der Waals surface area contributed by atoms with Crippen molar-refractivity contribution in [1.82, 2.24) is 5.32 Å². The Labute approximate surface area is 117 Å². The summed E-state index contributed by atoms with van der Waals surface area (Å²) in [4.78, 5) is 11.8. The molecule has 1 atom stereocenters. The van der Waals surface area contributed by atoms with Gasteiger partial charge in [-0.15, -0.1) is 0 Å². The number of rotatable bonds is 5. The van der Waals surface area contributed by atoms with E-state index in [0.29, 0.717) is 18.5 Å². The number of benzene rings is 2. The minimum Gasteiger partial charge on any atom is -0.508 e. The van der Waals surface area contributed by atoms with Crippen molar-refractivity contribution in [2.45, 2.75) is 12.5 Å². The van der Waals surface area contributed by atoms with Crippen LogP contribution in [0.1, 0.15) is 17.2 Å². The molecule has 0 saturated heterocycles. The topological polar surface area (TPSA) is 69.6 Å². The molecule has 20 heavy (non-hydrogen) atoms. The Hall–Kier alpha value is -2.33. The van der Waals surface area contributed by atoms with Gasteiger partial charge in [-0.3, -0.25) is 4.79 Å². The molecule has 4 heteroatoms. The zero-order valence-corrected chi connectivity index (χ0v) is 11.0. The number of phenols is 1. The minimum absolute atomic E-state index is 0.220. The van der Waals surface area contributed by atoms with Gasteiger partial charge in [-0.1, -0.05) is 42.5 Å². The number of phenolic OH excluding ortho intramolecular Hbond substituents is 1. The van der Waals surface area contributed by atoms with Crippen LogP contribution in [0.2, 0.25) is 0 Å². The molecule has 0 aliphatic heterocycles. The van der Waals surface area contributed by atoms with Crippen molar-refractivity contribution in [3.63, 3.8) is 0 Å². The van der Waals surface area contributed by atoms with Crippen molar-refractivity contribution in [2.75, 3.05) is 6.54 Å². The predicted molar refractivity (Wildman–Crippen MR) is 76.2 cm³/mol. The largest absolute Gasteiger partial charge is 0.508 e. The number of nitrogens with one attached hydrogen (secondary N) is 1. The van der Waals surface area contributed by atoms with E-state index in [9.17, 15) is 9.90 Å². The van der Waals surface area contributed by atoms with Crippen LogP contribution in [-0.4, -0.2) is 22.7 Å². The van der Waals surface area contributed by atoms with Crippen LogP contribution in [0.3, 0.4) is 0 Å². The van der Waals surface area contributed by atoms with Crippen molar-refractivity contribution in [1.29, 1.82) is 0 Å². The summed E-state index contributed by atoms with van der Waals surface area (Å²) in [5.74, 6) is -0.188. The second-order valence-corrected chi connectivity index (χ2v) is 4.52. The second kappa shape index (κ2) is 6.73. The lowest BCUT2D eigenvalue weighted by molar-refractivity contribution is -0.129. The number of hydrogen-bond donors (Lipinski definition) is 3. The van der Waals surface area contributed by atoms with Crippen LogP contribution >= 0.6 is 0 Å². The number of aliphatic hydroxyl groups is 1. The van der Waals surface area contributed by atoms with Gasteiger partial charge in [-0.25, -0.2) is 0 Å². The highest BCUT2D eigenvalue weighted by atomic mass is 16.3. The zero-order valence-electron chi connectivity index (χ0n) is 11.0. The van der Waals surface area contributed by atoms with Crippen molar-refractivity contribution in [2.24, 2.45) is 0 Å². The average molecular weight is 271 g/mol. The molecule has 0 bridgehead atoms. The van der Waals surface area contributed by atoms with Crippen LogP contribution in [-0.2, 0) is 11.2 Å². The maximum absolute atomic E-state index is 11.8. The molecule has 0 unspecified atom stereocenters. The van der Waals surface area contributed by atoms with Crippen LogP contribution in [0.15, 0.2) is 54.6 Å². The fourth-order valence-electron chi connectivity index (χ4n) is 1.88. The van der Waals surface area contributed by atoms with E-state index in [0.717, 1.165) is 5.56 Å². The fourth-order valence-corrected chi connectivity index (χ4v) is 1.88. The third-order valence-corrected chi connectivity index (χ3v) is 3.01. The SMILES string of the molecule is O=C(NCCc1ccc(O)cc1)[C@H](O)c1ccccc1. The summed E-state index contributed by atoms with van der Waals surface area (Å²) in [7, 11) is 0. The molecule has 0 fully saturated rings. The average Bonchev–Trinajstić information content (AvgIpc) is 2.49. The van der Waals surface area contributed by atoms with Crippen LogP contribution < -0.4 is 5.32 Å². The van der Waals surface area contributed by atoms with Gasteiger partial charge in [0.25, 0.3) is 5.91 Å². The Morgan fingerprint density at radius 1 is 1.05 bits per heavy atom. The molecule has 0 heterocycles. The van der Waals surface area contributed by atoms with Crippen molar-refractivity contribution >= 4 is 5.91 Å². The van der Waals surface area contributed by atoms with Gasteiger partial charge in [0.2, 0.25) is 0 Å². The fraction of sp³-hybridized carbons (Fsp3) is 0.188. The highest BCUT2D eigenvalue weighted by molar-refractivity contribution is 5.81. The van der Waals surface area contributed by atoms with E-state index in [-0.39, 0.29) is 5.75 Å². The Morgan fingerprint density at radius 3 is 2.35 bits per heavy atom. The van der Waals surface area contributed by atoms with Gasteiger partial charge in [0, 0.05) is 6.54 Å². The lowest BCUT2D eigenvalue weighted by atomic mass is 10.1. The molecule has 2 rings (SSSR count). The predicted octanol–water partition coefficient (Wildman–Crippen LogP) is 1.78. The summed E-state index contributed by atoms with van der Waals surface area (Å²) in [5, 5.41) is 21.7. The minimum atomic E-state index is -1.14. The molecule has 0 aliphatic rings. The smallest absolute Gasteiger partial charge is 0.253 e. The molecule has 2 aromatic carbocycles. The molecule has 4 nitrogen and oxygen atoms in total. The van der Waals surface area contributed by atoms with Gasteiger partial charge in [0.05, 0.1) is 0 Å². The highest BCUT2D eigenvalue weighted by Gasteiger charge is 2.15. The Bertz CT molecular complexity index is 552. The van der Waals surface area contributed by atoms with Crippen LogP contribution in [0.4, 0.5) is 0 Å². The first-order chi connectivity index (χ1) is 9.66. The summed E-state index contributed by atoms with van der Waals surface area (Å²) < 4.78 is 0. The van der Waals surface area contributed by atoms with E-state index in [4.69, 9.17) is 5.11 Å². The van der Waals surface area contributed by atoms with Crippen LogP contribution in [0.25, 0.3) is 0 Å². The Balaban J connectivity index is 1.82. The molecular formula is C16H17NO3. The molecule has 0 saturated carbocycles. The second-order valence-electron chi connectivity index (χ2n) is 4.52. The first kappa shape index (κ1) is 14.1. The van der Waals surface area contributed by atoms with Crippen molar-refractivity contribution < 1.29 is 15.0 Å². The lowest BCUT2D eigenvalue weighted by Gasteiger charge is -2.11. The van der Waals surface area contributed by atoms with Gasteiger partial charge >= 0.3 is 0 Å². The van der Waals surface area contributed by atoms with E-state index in [1.807, 2.05) is 6.07 Å². The highest BCUT2D eigenvalue weighted by Crippen LogP contribution is 2.12. The molecule has 0 aromatic heterocycles. The number of amides is 1. The quantitative estimate of drug-likeness (QED) is 0.776. The molecule has 0 radical (unpaired) electrons. The summed E-state index contributed by atoms with van der Waals surface area (Å²) in [6.07, 6.45) is -0.496. The lowest BCUT2D eigenvalue weighted by Crippen LogP contribution is -2.30. The third kappa shape index (κ3) is 3.83. The maximum Gasteiger partial charge on any atom is 0.253 e. The Kier molecular flexibility index (Phi) is 4.74. The normalized spacial score (nSPS) is 11.8.